The summed E-state index contributed by atoms with van der Waals surface area (Å²) in [6.07, 6.45) is 3.14. The molecule has 0 unspecified atom stereocenters. The summed E-state index contributed by atoms with van der Waals surface area (Å²) in [6, 6.07) is 20.5. The highest BCUT2D eigenvalue weighted by molar-refractivity contribution is 6.30. The van der Waals surface area contributed by atoms with E-state index in [0.29, 0.717) is 54.4 Å². The van der Waals surface area contributed by atoms with E-state index in [2.05, 4.69) is 5.48 Å². The maximum atomic E-state index is 14.1. The number of nitrogens with zero attached hydrogens (tertiary/aromatic N) is 1. The van der Waals surface area contributed by atoms with Gasteiger partial charge in [-0.05, 0) is 73.2 Å². The van der Waals surface area contributed by atoms with E-state index >= 15 is 0 Å². The number of aliphatic hydroxyl groups excluding tert-OH is 1. The van der Waals surface area contributed by atoms with Gasteiger partial charge in [0.15, 0.2) is 0 Å². The van der Waals surface area contributed by atoms with Crippen LogP contribution < -0.4 is 10.2 Å². The van der Waals surface area contributed by atoms with Crippen molar-refractivity contribution in [1.29, 1.82) is 0 Å². The molecule has 9 nitrogen and oxygen atoms in total. The third-order valence-corrected chi connectivity index (χ3v) is 8.58. The first-order valence-corrected chi connectivity index (χ1v) is 15.9. The largest absolute Gasteiger partial charge is 0.494 e. The third kappa shape index (κ3) is 7.84. The molecule has 238 valence electrons. The minimum atomic E-state index is -0.803. The summed E-state index contributed by atoms with van der Waals surface area (Å²) in [6.45, 7) is 2.57. The van der Waals surface area contributed by atoms with Crippen molar-refractivity contribution < 1.29 is 33.8 Å². The Kier molecular flexibility index (Phi) is 11.1. The van der Waals surface area contributed by atoms with Gasteiger partial charge in [0.1, 0.15) is 5.75 Å². The SMILES string of the molecule is CCOC(=O)CCCOc1cccc(CONC(=O)[C@@H]2c3ccccc3C(=O)N([C@H]3CCCC[C@@H]3O)[C@H]2c2ccc(Cl)cc2)c1. The van der Waals surface area contributed by atoms with Gasteiger partial charge < -0.3 is 19.5 Å². The number of carbonyl (C=O) groups excluding carboxylic acids is 3. The second-order valence-corrected chi connectivity index (χ2v) is 11.8. The zero-order valence-electron chi connectivity index (χ0n) is 25.3. The van der Waals surface area contributed by atoms with Crippen LogP contribution in [0.2, 0.25) is 5.02 Å². The molecule has 3 aromatic rings. The average molecular weight is 635 g/mol. The van der Waals surface area contributed by atoms with E-state index in [4.69, 9.17) is 25.9 Å². The summed E-state index contributed by atoms with van der Waals surface area (Å²) in [5.74, 6) is -1.05. The standard InChI is InChI=1S/C35H39ClN2O7/c1-2-43-31(40)15-8-20-44-26-10-7-9-23(21-26)22-45-37-34(41)32-27-11-3-4-12-28(27)35(42)38(29-13-5-6-14-30(29)39)33(32)24-16-18-25(36)19-17-24/h3-4,7,9-12,16-19,21,29-30,32-33,39H,2,5-6,8,13-15,20,22H2,1H3,(H,37,41)/t29-,30-,32+,33-/m0/s1. The van der Waals surface area contributed by atoms with E-state index in [0.717, 1.165) is 24.0 Å². The molecule has 1 heterocycles. The van der Waals surface area contributed by atoms with Gasteiger partial charge in [-0.3, -0.25) is 19.2 Å². The number of nitrogens with one attached hydrogen (secondary N) is 1. The Morgan fingerprint density at radius 3 is 2.58 bits per heavy atom. The van der Waals surface area contributed by atoms with E-state index in [1.165, 1.54) is 0 Å². The number of hydrogen-bond acceptors (Lipinski definition) is 7. The topological polar surface area (TPSA) is 114 Å². The van der Waals surface area contributed by atoms with Gasteiger partial charge in [0.2, 0.25) is 0 Å². The van der Waals surface area contributed by atoms with Crippen molar-refractivity contribution in [2.24, 2.45) is 0 Å². The molecule has 10 heteroatoms. The summed E-state index contributed by atoms with van der Waals surface area (Å²) in [5, 5.41) is 11.6. The van der Waals surface area contributed by atoms with Crippen LogP contribution in [0.4, 0.5) is 0 Å². The predicted octanol–water partition coefficient (Wildman–Crippen LogP) is 5.89. The Morgan fingerprint density at radius 2 is 1.80 bits per heavy atom. The van der Waals surface area contributed by atoms with Crippen molar-refractivity contribution in [3.8, 4) is 5.75 Å². The van der Waals surface area contributed by atoms with Gasteiger partial charge in [0, 0.05) is 17.0 Å². The molecule has 0 bridgehead atoms. The molecule has 1 saturated carbocycles. The lowest BCUT2D eigenvalue weighted by Crippen LogP contribution is -2.55. The second kappa shape index (κ2) is 15.4. The minimum Gasteiger partial charge on any atom is -0.494 e. The number of amides is 2. The zero-order chi connectivity index (χ0) is 31.8. The van der Waals surface area contributed by atoms with Gasteiger partial charge in [-0.2, -0.15) is 0 Å². The Hall–Kier alpha value is -3.92. The summed E-state index contributed by atoms with van der Waals surface area (Å²) in [4.78, 5) is 47.1. The van der Waals surface area contributed by atoms with E-state index in [9.17, 15) is 19.5 Å². The normalized spacial score (nSPS) is 21.1. The number of fused-ring (bicyclic) bond motifs is 1. The van der Waals surface area contributed by atoms with Crippen molar-refractivity contribution >= 4 is 29.4 Å². The van der Waals surface area contributed by atoms with Crippen molar-refractivity contribution in [1.82, 2.24) is 10.4 Å². The van der Waals surface area contributed by atoms with E-state index in [-0.39, 0.29) is 24.9 Å². The number of esters is 1. The van der Waals surface area contributed by atoms with E-state index in [1.54, 1.807) is 42.2 Å². The number of aliphatic hydroxyl groups is 1. The number of benzene rings is 3. The molecular weight excluding hydrogens is 596 g/mol. The lowest BCUT2D eigenvalue weighted by Gasteiger charge is -2.48. The van der Waals surface area contributed by atoms with E-state index in [1.807, 2.05) is 42.5 Å². The molecule has 0 radical (unpaired) electrons. The van der Waals surface area contributed by atoms with Gasteiger partial charge in [-0.25, -0.2) is 5.48 Å². The number of hydrogen-bond donors (Lipinski definition) is 2. The predicted molar refractivity (Wildman–Crippen MR) is 169 cm³/mol. The van der Waals surface area contributed by atoms with Crippen LogP contribution in [0.5, 0.6) is 5.75 Å². The number of rotatable bonds is 12. The first-order chi connectivity index (χ1) is 21.9. The maximum absolute atomic E-state index is 14.1. The number of halogens is 1. The van der Waals surface area contributed by atoms with Crippen LogP contribution in [0, 0.1) is 0 Å². The second-order valence-electron chi connectivity index (χ2n) is 11.4. The zero-order valence-corrected chi connectivity index (χ0v) is 26.1. The molecule has 5 rings (SSSR count). The summed E-state index contributed by atoms with van der Waals surface area (Å²) >= 11 is 6.22. The Balaban J connectivity index is 1.33. The summed E-state index contributed by atoms with van der Waals surface area (Å²) in [5.41, 5.74) is 5.20. The molecule has 0 aromatic heterocycles. The number of ether oxygens (including phenoxy) is 2. The van der Waals surface area contributed by atoms with Crippen molar-refractivity contribution in [3.05, 3.63) is 100 Å². The molecule has 1 aliphatic carbocycles. The minimum absolute atomic E-state index is 0.0791. The van der Waals surface area contributed by atoms with Gasteiger partial charge in [0.05, 0.1) is 43.9 Å². The molecule has 0 spiro atoms. The molecule has 45 heavy (non-hydrogen) atoms. The van der Waals surface area contributed by atoms with Crippen LogP contribution in [-0.4, -0.2) is 53.1 Å². The number of carbonyl (C=O) groups is 3. The van der Waals surface area contributed by atoms with Gasteiger partial charge in [0.25, 0.3) is 11.8 Å². The highest BCUT2D eigenvalue weighted by Crippen LogP contribution is 2.46. The van der Waals surface area contributed by atoms with Gasteiger partial charge in [-0.1, -0.05) is 66.9 Å². The molecule has 2 aliphatic rings. The summed E-state index contributed by atoms with van der Waals surface area (Å²) in [7, 11) is 0. The van der Waals surface area contributed by atoms with Crippen molar-refractivity contribution in [2.75, 3.05) is 13.2 Å². The van der Waals surface area contributed by atoms with Gasteiger partial charge in [-0.15, -0.1) is 0 Å². The average Bonchev–Trinajstić information content (AvgIpc) is 3.04. The molecular formula is C35H39ClN2O7. The summed E-state index contributed by atoms with van der Waals surface area (Å²) < 4.78 is 10.7. The molecule has 4 atom stereocenters. The smallest absolute Gasteiger partial charge is 0.305 e. The van der Waals surface area contributed by atoms with Crippen LogP contribution in [0.25, 0.3) is 0 Å². The van der Waals surface area contributed by atoms with Crippen molar-refractivity contribution in [3.63, 3.8) is 0 Å². The van der Waals surface area contributed by atoms with Crippen LogP contribution in [0.15, 0.2) is 72.8 Å². The molecule has 0 saturated heterocycles. The van der Waals surface area contributed by atoms with Crippen molar-refractivity contribution in [2.45, 2.75) is 76.2 Å². The molecule has 2 N–H and O–H groups in total. The van der Waals surface area contributed by atoms with Crippen LogP contribution in [0.3, 0.4) is 0 Å². The monoisotopic (exact) mass is 634 g/mol. The Morgan fingerprint density at radius 1 is 1.02 bits per heavy atom. The van der Waals surface area contributed by atoms with Gasteiger partial charge >= 0.3 is 5.97 Å². The molecule has 2 amide bonds. The first kappa shape index (κ1) is 32.5. The third-order valence-electron chi connectivity index (χ3n) is 8.33. The highest BCUT2D eigenvalue weighted by Gasteiger charge is 2.48. The fourth-order valence-corrected chi connectivity index (χ4v) is 6.37. The van der Waals surface area contributed by atoms with Crippen LogP contribution in [-0.2, 0) is 25.8 Å². The quantitative estimate of drug-likeness (QED) is 0.145. The first-order valence-electron chi connectivity index (χ1n) is 15.5. The Labute approximate surface area is 268 Å². The number of hydroxylamine groups is 1. The fourth-order valence-electron chi connectivity index (χ4n) is 6.25. The van der Waals surface area contributed by atoms with Crippen LogP contribution in [0.1, 0.15) is 84.5 Å². The molecule has 1 fully saturated rings. The lowest BCUT2D eigenvalue weighted by molar-refractivity contribution is -0.143. The maximum Gasteiger partial charge on any atom is 0.305 e. The molecule has 3 aromatic carbocycles. The van der Waals surface area contributed by atoms with E-state index < -0.39 is 30.0 Å². The fraction of sp³-hybridized carbons (Fsp3) is 0.400. The lowest BCUT2D eigenvalue weighted by atomic mass is 9.77. The van der Waals surface area contributed by atoms with Crippen LogP contribution >= 0.6 is 11.6 Å². The Bertz CT molecular complexity index is 1480. The highest BCUT2D eigenvalue weighted by atomic mass is 35.5. The molecule has 1 aliphatic heterocycles.